The number of amides is 2. The number of hydrogen-bond acceptors (Lipinski definition) is 4. The lowest BCUT2D eigenvalue weighted by Crippen LogP contribution is -2.46. The Morgan fingerprint density at radius 1 is 1.23 bits per heavy atom. The van der Waals surface area contributed by atoms with Crippen LogP contribution >= 0.6 is 0 Å². The van der Waals surface area contributed by atoms with Crippen molar-refractivity contribution in [3.05, 3.63) is 53.2 Å². The number of piperidine rings is 1. The van der Waals surface area contributed by atoms with Crippen molar-refractivity contribution in [3.8, 4) is 6.07 Å². The fraction of sp³-hybridized carbons (Fsp3) is 0.350. The Hall–Kier alpha value is -3.07. The summed E-state index contributed by atoms with van der Waals surface area (Å²) in [5, 5.41) is 15.3. The van der Waals surface area contributed by atoms with Gasteiger partial charge in [-0.3, -0.25) is 0 Å². The number of nitrogens with one attached hydrogen (secondary N) is 2. The van der Waals surface area contributed by atoms with E-state index in [4.69, 9.17) is 0 Å². The third-order valence-corrected chi connectivity index (χ3v) is 4.60. The Kier molecular flexibility index (Phi) is 5.37. The first-order valence-electron chi connectivity index (χ1n) is 8.82. The van der Waals surface area contributed by atoms with E-state index in [0.29, 0.717) is 5.56 Å². The van der Waals surface area contributed by atoms with Crippen LogP contribution < -0.4 is 15.5 Å². The summed E-state index contributed by atoms with van der Waals surface area (Å²) in [7, 11) is 0. The molecule has 1 aromatic heterocycles. The second-order valence-electron chi connectivity index (χ2n) is 6.62. The van der Waals surface area contributed by atoms with E-state index in [1.807, 2.05) is 50.2 Å². The Bertz CT molecular complexity index is 820. The lowest BCUT2D eigenvalue weighted by atomic mass is 10.0. The van der Waals surface area contributed by atoms with Gasteiger partial charge in [0, 0.05) is 30.5 Å². The van der Waals surface area contributed by atoms with Crippen molar-refractivity contribution in [2.45, 2.75) is 32.7 Å². The highest BCUT2D eigenvalue weighted by atomic mass is 16.2. The molecular formula is C20H23N5O. The van der Waals surface area contributed by atoms with E-state index in [2.05, 4.69) is 26.6 Å². The van der Waals surface area contributed by atoms with Crippen LogP contribution in [-0.2, 0) is 0 Å². The number of carbonyl (C=O) groups is 1. The molecule has 2 amide bonds. The van der Waals surface area contributed by atoms with E-state index in [-0.39, 0.29) is 12.1 Å². The lowest BCUT2D eigenvalue weighted by molar-refractivity contribution is 0.246. The summed E-state index contributed by atoms with van der Waals surface area (Å²) in [5.41, 5.74) is 3.29. The second kappa shape index (κ2) is 7.87. The van der Waals surface area contributed by atoms with Gasteiger partial charge in [0.2, 0.25) is 0 Å². The van der Waals surface area contributed by atoms with Crippen LogP contribution in [-0.4, -0.2) is 30.1 Å². The van der Waals surface area contributed by atoms with E-state index in [1.165, 1.54) is 0 Å². The number of rotatable bonds is 3. The van der Waals surface area contributed by atoms with Crippen LogP contribution in [0.15, 0.2) is 36.4 Å². The molecule has 2 heterocycles. The zero-order chi connectivity index (χ0) is 18.5. The molecule has 0 unspecified atom stereocenters. The van der Waals surface area contributed by atoms with Gasteiger partial charge in [-0.25, -0.2) is 9.78 Å². The number of benzene rings is 1. The SMILES string of the molecule is Cc1cc(C)c(C#N)c(N2CCC(NC(=O)Nc3ccccc3)CC2)n1. The van der Waals surface area contributed by atoms with Gasteiger partial charge >= 0.3 is 6.03 Å². The fourth-order valence-electron chi connectivity index (χ4n) is 3.29. The molecule has 0 atom stereocenters. The van der Waals surface area contributed by atoms with Gasteiger partial charge in [0.05, 0.1) is 5.56 Å². The quantitative estimate of drug-likeness (QED) is 0.890. The van der Waals surface area contributed by atoms with Crippen LogP contribution in [0.4, 0.5) is 16.3 Å². The summed E-state index contributed by atoms with van der Waals surface area (Å²) in [6.45, 7) is 5.42. The van der Waals surface area contributed by atoms with Crippen LogP contribution in [0.2, 0.25) is 0 Å². The minimum atomic E-state index is -0.183. The number of hydrogen-bond donors (Lipinski definition) is 2. The van der Waals surface area contributed by atoms with Crippen LogP contribution in [0, 0.1) is 25.2 Å². The van der Waals surface area contributed by atoms with E-state index >= 15 is 0 Å². The van der Waals surface area contributed by atoms with Gasteiger partial charge in [-0.1, -0.05) is 18.2 Å². The van der Waals surface area contributed by atoms with Crippen LogP contribution in [0.1, 0.15) is 29.7 Å². The summed E-state index contributed by atoms with van der Waals surface area (Å²) in [6, 6.07) is 13.5. The van der Waals surface area contributed by atoms with Crippen molar-refractivity contribution >= 4 is 17.5 Å². The van der Waals surface area contributed by atoms with Crippen LogP contribution in [0.3, 0.4) is 0 Å². The van der Waals surface area contributed by atoms with Gasteiger partial charge in [-0.05, 0) is 50.5 Å². The van der Waals surface area contributed by atoms with Crippen LogP contribution in [0.25, 0.3) is 0 Å². The van der Waals surface area contributed by atoms with Gasteiger partial charge in [0.15, 0.2) is 0 Å². The van der Waals surface area contributed by atoms with Gasteiger partial charge in [-0.2, -0.15) is 5.26 Å². The van der Waals surface area contributed by atoms with Crippen LogP contribution in [0.5, 0.6) is 0 Å². The summed E-state index contributed by atoms with van der Waals surface area (Å²) in [6.07, 6.45) is 1.64. The average Bonchev–Trinajstić information content (AvgIpc) is 2.62. The number of nitrogens with zero attached hydrogens (tertiary/aromatic N) is 3. The number of nitriles is 1. The number of aromatic nitrogens is 1. The molecule has 2 aromatic rings. The van der Waals surface area contributed by atoms with E-state index in [1.54, 1.807) is 0 Å². The maximum absolute atomic E-state index is 12.1. The summed E-state index contributed by atoms with van der Waals surface area (Å²) >= 11 is 0. The van der Waals surface area contributed by atoms with Gasteiger partial charge in [0.25, 0.3) is 0 Å². The van der Waals surface area contributed by atoms with Crippen molar-refractivity contribution in [1.29, 1.82) is 5.26 Å². The predicted octanol–water partition coefficient (Wildman–Crippen LogP) is 3.36. The molecule has 1 fully saturated rings. The van der Waals surface area contributed by atoms with Crippen molar-refractivity contribution in [2.24, 2.45) is 0 Å². The number of urea groups is 1. The third kappa shape index (κ3) is 4.12. The summed E-state index contributed by atoms with van der Waals surface area (Å²) in [5.74, 6) is 0.761. The highest BCUT2D eigenvalue weighted by Crippen LogP contribution is 2.25. The Morgan fingerprint density at radius 2 is 1.92 bits per heavy atom. The molecule has 2 N–H and O–H groups in total. The number of para-hydroxylation sites is 1. The molecule has 0 radical (unpaired) electrons. The number of carbonyl (C=O) groups excluding carboxylic acids is 1. The summed E-state index contributed by atoms with van der Waals surface area (Å²) in [4.78, 5) is 18.8. The number of aryl methyl sites for hydroxylation is 2. The Balaban J connectivity index is 1.58. The maximum Gasteiger partial charge on any atom is 0.319 e. The monoisotopic (exact) mass is 349 g/mol. The Morgan fingerprint density at radius 3 is 2.58 bits per heavy atom. The molecule has 6 nitrogen and oxygen atoms in total. The first-order valence-corrected chi connectivity index (χ1v) is 8.82. The minimum Gasteiger partial charge on any atom is -0.355 e. The highest BCUT2D eigenvalue weighted by molar-refractivity contribution is 5.89. The van der Waals surface area contributed by atoms with Crippen molar-refractivity contribution in [3.63, 3.8) is 0 Å². The maximum atomic E-state index is 12.1. The normalized spacial score (nSPS) is 14.6. The largest absolute Gasteiger partial charge is 0.355 e. The molecule has 1 aliphatic rings. The van der Waals surface area contributed by atoms with Gasteiger partial charge < -0.3 is 15.5 Å². The molecule has 26 heavy (non-hydrogen) atoms. The standard InChI is InChI=1S/C20H23N5O/c1-14-12-15(2)22-19(18(14)13-21)25-10-8-17(9-11-25)24-20(26)23-16-6-4-3-5-7-16/h3-7,12,17H,8-11H2,1-2H3,(H2,23,24,26). The van der Waals surface area contributed by atoms with Crippen molar-refractivity contribution < 1.29 is 4.79 Å². The minimum absolute atomic E-state index is 0.117. The number of anilines is 2. The van der Waals surface area contributed by atoms with Crippen molar-refractivity contribution in [1.82, 2.24) is 10.3 Å². The summed E-state index contributed by atoms with van der Waals surface area (Å²) < 4.78 is 0. The predicted molar refractivity (Wildman–Crippen MR) is 102 cm³/mol. The van der Waals surface area contributed by atoms with Crippen molar-refractivity contribution in [2.75, 3.05) is 23.3 Å². The zero-order valence-corrected chi connectivity index (χ0v) is 15.1. The molecule has 0 bridgehead atoms. The van der Waals surface area contributed by atoms with E-state index in [9.17, 15) is 10.1 Å². The number of pyridine rings is 1. The second-order valence-corrected chi connectivity index (χ2v) is 6.62. The molecule has 0 saturated carbocycles. The molecule has 3 rings (SSSR count). The smallest absolute Gasteiger partial charge is 0.319 e. The van der Waals surface area contributed by atoms with E-state index < -0.39 is 0 Å². The third-order valence-electron chi connectivity index (χ3n) is 4.60. The Labute approximate surface area is 153 Å². The average molecular weight is 349 g/mol. The molecule has 134 valence electrons. The highest BCUT2D eigenvalue weighted by Gasteiger charge is 2.24. The molecule has 6 heteroatoms. The zero-order valence-electron chi connectivity index (χ0n) is 15.1. The lowest BCUT2D eigenvalue weighted by Gasteiger charge is -2.34. The van der Waals surface area contributed by atoms with Gasteiger partial charge in [0.1, 0.15) is 11.9 Å². The molecule has 1 saturated heterocycles. The molecule has 0 spiro atoms. The van der Waals surface area contributed by atoms with E-state index in [0.717, 1.165) is 48.7 Å². The molecule has 1 aliphatic heterocycles. The molecular weight excluding hydrogens is 326 g/mol. The first kappa shape index (κ1) is 17.7. The fourth-order valence-corrected chi connectivity index (χ4v) is 3.29. The first-order chi connectivity index (χ1) is 12.6. The topological polar surface area (TPSA) is 81.0 Å². The van der Waals surface area contributed by atoms with Gasteiger partial charge in [-0.15, -0.1) is 0 Å². The molecule has 1 aromatic carbocycles. The molecule has 0 aliphatic carbocycles.